The number of rotatable bonds is 8. The van der Waals surface area contributed by atoms with Crippen molar-refractivity contribution in [3.8, 4) is 0 Å². The molecule has 8 aromatic rings. The fraction of sp³-hybridized carbons (Fsp3) is 0.0435. The molecule has 0 radical (unpaired) electrons. The Bertz CT molecular complexity index is 3150. The SMILES string of the molecule is O=C(OCc1ccccc1)c1c2nc(C=C3C(=S)c4ccccc4C3=S)sc2c(C(=O)OCc2ccccc2)c2c1sc1nc(C=C3C(=S)c4ccccc4C3=S)sc12. The lowest BCUT2D eigenvalue weighted by molar-refractivity contribution is 0.0465. The highest BCUT2D eigenvalue weighted by Crippen LogP contribution is 2.47. The van der Waals surface area contributed by atoms with E-state index in [9.17, 15) is 9.59 Å². The molecule has 5 aromatic carbocycles. The normalized spacial score (nSPS) is 13.4. The summed E-state index contributed by atoms with van der Waals surface area (Å²) in [4.78, 5) is 42.3. The Labute approximate surface area is 370 Å². The van der Waals surface area contributed by atoms with Gasteiger partial charge in [-0.05, 0) is 23.3 Å². The predicted octanol–water partition coefficient (Wildman–Crippen LogP) is 11.9. The van der Waals surface area contributed by atoms with Crippen LogP contribution in [0.25, 0.3) is 42.0 Å². The number of ether oxygens (including phenoxy) is 2. The molecule has 0 unspecified atom stereocenters. The van der Waals surface area contributed by atoms with Crippen molar-refractivity contribution in [1.29, 1.82) is 0 Å². The van der Waals surface area contributed by atoms with Gasteiger partial charge in [-0.25, -0.2) is 19.6 Å². The Morgan fingerprint density at radius 1 is 0.508 bits per heavy atom. The largest absolute Gasteiger partial charge is 0.457 e. The maximum absolute atomic E-state index is 14.6. The number of thiazole rings is 2. The summed E-state index contributed by atoms with van der Waals surface area (Å²) in [6.07, 6.45) is 3.76. The number of esters is 2. The first-order valence-electron chi connectivity index (χ1n) is 18.2. The first-order valence-corrected chi connectivity index (χ1v) is 22.2. The molecular weight excluding hydrogens is 869 g/mol. The Kier molecular flexibility index (Phi) is 9.84. The molecule has 0 saturated heterocycles. The van der Waals surface area contributed by atoms with Gasteiger partial charge in [0, 0.05) is 38.8 Å². The quantitative estimate of drug-likeness (QED) is 0.0836. The van der Waals surface area contributed by atoms with Crippen molar-refractivity contribution in [2.75, 3.05) is 0 Å². The number of nitrogens with zero attached hydrogens (tertiary/aromatic N) is 2. The van der Waals surface area contributed by atoms with Crippen molar-refractivity contribution >= 4 is 156 Å². The molecule has 0 bridgehead atoms. The molecule has 0 amide bonds. The van der Waals surface area contributed by atoms with Gasteiger partial charge in [-0.1, -0.05) is 158 Å². The van der Waals surface area contributed by atoms with E-state index in [2.05, 4.69) is 0 Å². The number of carbonyl (C=O) groups is 2. The molecule has 0 N–H and O–H groups in total. The Morgan fingerprint density at radius 3 is 1.42 bits per heavy atom. The van der Waals surface area contributed by atoms with Crippen LogP contribution in [0.5, 0.6) is 0 Å². The molecular formula is C46H24N2O4S7. The first kappa shape index (κ1) is 37.9. The van der Waals surface area contributed by atoms with Gasteiger partial charge in [0.2, 0.25) is 0 Å². The predicted molar refractivity (Wildman–Crippen MR) is 255 cm³/mol. The van der Waals surface area contributed by atoms with Gasteiger partial charge in [0.25, 0.3) is 0 Å². The van der Waals surface area contributed by atoms with Crippen LogP contribution in [0.15, 0.2) is 120 Å². The maximum atomic E-state index is 14.6. The molecule has 2 aliphatic rings. The van der Waals surface area contributed by atoms with Crippen molar-refractivity contribution in [2.45, 2.75) is 13.2 Å². The number of fused-ring (bicyclic) bond motifs is 6. The van der Waals surface area contributed by atoms with Gasteiger partial charge < -0.3 is 9.47 Å². The highest BCUT2D eigenvalue weighted by molar-refractivity contribution is 7.84. The minimum Gasteiger partial charge on any atom is -0.457 e. The smallest absolute Gasteiger partial charge is 0.342 e. The molecule has 0 fully saturated rings. The van der Waals surface area contributed by atoms with Gasteiger partial charge >= 0.3 is 11.9 Å². The van der Waals surface area contributed by atoms with Crippen molar-refractivity contribution < 1.29 is 19.1 Å². The zero-order valence-electron chi connectivity index (χ0n) is 30.3. The Hall–Kier alpha value is -5.38. The van der Waals surface area contributed by atoms with Gasteiger partial charge in [-0.2, -0.15) is 0 Å². The maximum Gasteiger partial charge on any atom is 0.342 e. The average Bonchev–Trinajstić information content (AvgIpc) is 4.05. The summed E-state index contributed by atoms with van der Waals surface area (Å²) in [5.41, 5.74) is 7.58. The molecule has 0 saturated carbocycles. The zero-order chi connectivity index (χ0) is 40.4. The molecule has 6 nitrogen and oxygen atoms in total. The summed E-state index contributed by atoms with van der Waals surface area (Å²) < 4.78 is 13.8. The molecule has 3 heterocycles. The summed E-state index contributed by atoms with van der Waals surface area (Å²) in [6, 6.07) is 34.6. The molecule has 3 aromatic heterocycles. The third kappa shape index (κ3) is 6.63. The van der Waals surface area contributed by atoms with Crippen LogP contribution < -0.4 is 0 Å². The first-order chi connectivity index (χ1) is 28.7. The fourth-order valence-corrected chi connectivity index (χ4v) is 12.2. The summed E-state index contributed by atoms with van der Waals surface area (Å²) in [6.45, 7) is 0.0894. The number of carbonyl (C=O) groups excluding carboxylic acids is 2. The molecule has 10 rings (SSSR count). The molecule has 0 aliphatic heterocycles. The number of benzene rings is 5. The topological polar surface area (TPSA) is 78.4 Å². The van der Waals surface area contributed by atoms with Crippen LogP contribution in [0, 0.1) is 0 Å². The molecule has 0 atom stereocenters. The third-order valence-corrected chi connectivity index (χ3v) is 15.1. The lowest BCUT2D eigenvalue weighted by Gasteiger charge is -2.11. The second-order valence-corrected chi connectivity index (χ2v) is 18.3. The number of aromatic nitrogens is 2. The standard InChI is InChI=1S/C46H24N2O4S7/c49-45(51-21-23-11-3-1-4-12-23)34-33-41(59-44-43(33)58-32(48-44)20-30-39(55)27-17-9-10-18-28(27)40(30)56)35(46(50)52-22-24-13-5-2-6-14-24)36-42(34)57-31(47-36)19-29-37(53)25-15-7-8-16-26(25)38(29)54/h1-20H,21-22H2. The number of thiocarbonyl (C=S) groups is 4. The minimum absolute atomic E-state index is 0.0445. The number of thiophene rings is 1. The number of hydrogen-bond acceptors (Lipinski definition) is 13. The van der Waals surface area contributed by atoms with Crippen LogP contribution in [-0.4, -0.2) is 41.4 Å². The van der Waals surface area contributed by atoms with E-state index in [1.165, 1.54) is 34.0 Å². The monoisotopic (exact) mass is 892 g/mol. The van der Waals surface area contributed by atoms with Crippen LogP contribution in [0.2, 0.25) is 0 Å². The van der Waals surface area contributed by atoms with Crippen LogP contribution in [0.4, 0.5) is 0 Å². The lowest BCUT2D eigenvalue weighted by Crippen LogP contribution is -2.10. The van der Waals surface area contributed by atoms with Gasteiger partial charge in [-0.3, -0.25) is 0 Å². The molecule has 0 spiro atoms. The van der Waals surface area contributed by atoms with Gasteiger partial charge in [0.15, 0.2) is 0 Å². The van der Waals surface area contributed by atoms with Gasteiger partial charge in [0.1, 0.15) is 33.6 Å². The van der Waals surface area contributed by atoms with E-state index >= 15 is 0 Å². The van der Waals surface area contributed by atoms with Gasteiger partial charge in [0.05, 0.1) is 44.6 Å². The van der Waals surface area contributed by atoms with Crippen molar-refractivity contribution in [3.05, 3.63) is 175 Å². The average molecular weight is 893 g/mol. The lowest BCUT2D eigenvalue weighted by atomic mass is 10.0. The second-order valence-electron chi connectivity index (χ2n) is 13.6. The third-order valence-electron chi connectivity index (χ3n) is 10.0. The highest BCUT2D eigenvalue weighted by atomic mass is 32.1. The van der Waals surface area contributed by atoms with E-state index in [0.29, 0.717) is 65.7 Å². The number of allylic oxidation sites excluding steroid dienone is 2. The summed E-state index contributed by atoms with van der Waals surface area (Å²) in [5, 5.41) is 1.73. The van der Waals surface area contributed by atoms with Crippen molar-refractivity contribution in [2.24, 2.45) is 0 Å². The van der Waals surface area contributed by atoms with E-state index in [1.807, 2.05) is 121 Å². The van der Waals surface area contributed by atoms with Gasteiger partial charge in [-0.15, -0.1) is 34.0 Å². The Balaban J connectivity index is 1.17. The zero-order valence-corrected chi connectivity index (χ0v) is 36.1. The summed E-state index contributed by atoms with van der Waals surface area (Å²) in [5.74, 6) is -1.13. The van der Waals surface area contributed by atoms with Crippen molar-refractivity contribution in [1.82, 2.24) is 9.97 Å². The summed E-state index contributed by atoms with van der Waals surface area (Å²) in [7, 11) is 0. The van der Waals surface area contributed by atoms with E-state index < -0.39 is 11.9 Å². The van der Waals surface area contributed by atoms with Crippen LogP contribution in [0.3, 0.4) is 0 Å². The molecule has 59 heavy (non-hydrogen) atoms. The molecule has 284 valence electrons. The van der Waals surface area contributed by atoms with Crippen LogP contribution in [0.1, 0.15) is 64.1 Å². The van der Waals surface area contributed by atoms with Crippen LogP contribution >= 0.6 is 82.9 Å². The van der Waals surface area contributed by atoms with E-state index in [1.54, 1.807) is 0 Å². The van der Waals surface area contributed by atoms with Crippen LogP contribution in [-0.2, 0) is 22.7 Å². The minimum atomic E-state index is -0.576. The van der Waals surface area contributed by atoms with E-state index in [4.69, 9.17) is 68.3 Å². The number of hydrogen-bond donors (Lipinski definition) is 0. The second kappa shape index (κ2) is 15.3. The van der Waals surface area contributed by atoms with E-state index in [0.717, 1.165) is 43.7 Å². The van der Waals surface area contributed by atoms with Crippen molar-refractivity contribution in [3.63, 3.8) is 0 Å². The highest BCUT2D eigenvalue weighted by Gasteiger charge is 2.33. The Morgan fingerprint density at radius 2 is 0.932 bits per heavy atom. The molecule has 13 heteroatoms. The van der Waals surface area contributed by atoms with E-state index in [-0.39, 0.29) is 18.8 Å². The summed E-state index contributed by atoms with van der Waals surface area (Å²) >= 11 is 27.5. The fourth-order valence-electron chi connectivity index (χ4n) is 7.25. The molecule has 2 aliphatic carbocycles.